The van der Waals surface area contributed by atoms with E-state index in [2.05, 4.69) is 33.9 Å². The Morgan fingerprint density at radius 2 is 1.67 bits per heavy atom. The van der Waals surface area contributed by atoms with Gasteiger partial charge in [0.1, 0.15) is 0 Å². The molecule has 2 heterocycles. The molecule has 1 spiro atoms. The molecule has 5 nitrogen and oxygen atoms in total. The molecule has 0 unspecified atom stereocenters. The second-order valence-corrected chi connectivity index (χ2v) is 12.6. The average molecular weight is 503 g/mol. The molecule has 1 amide bonds. The van der Waals surface area contributed by atoms with Gasteiger partial charge in [-0.3, -0.25) is 4.79 Å². The van der Waals surface area contributed by atoms with E-state index < -0.39 is 10.0 Å². The third-order valence-corrected chi connectivity index (χ3v) is 10.5. The summed E-state index contributed by atoms with van der Waals surface area (Å²) < 4.78 is 30.5. The maximum atomic E-state index is 13.7. The van der Waals surface area contributed by atoms with Crippen LogP contribution in [0, 0.1) is 11.8 Å². The Hall–Kier alpha value is -2.70. The van der Waals surface area contributed by atoms with Crippen molar-refractivity contribution in [1.29, 1.82) is 0 Å². The van der Waals surface area contributed by atoms with Gasteiger partial charge in [-0.25, -0.2) is 13.1 Å². The molecule has 2 aliphatic heterocycles. The number of benzene rings is 3. The zero-order valence-electron chi connectivity index (χ0n) is 20.6. The van der Waals surface area contributed by atoms with Gasteiger partial charge in [0.25, 0.3) is 0 Å². The van der Waals surface area contributed by atoms with E-state index in [4.69, 9.17) is 0 Å². The number of sulfonamides is 1. The van der Waals surface area contributed by atoms with Gasteiger partial charge in [0.15, 0.2) is 0 Å². The molecular formula is C30H34N2O3S. The van der Waals surface area contributed by atoms with Gasteiger partial charge >= 0.3 is 0 Å². The molecule has 188 valence electrons. The Balaban J connectivity index is 1.35. The van der Waals surface area contributed by atoms with E-state index >= 15 is 0 Å². The van der Waals surface area contributed by atoms with Crippen LogP contribution in [0.5, 0.6) is 0 Å². The SMILES string of the molecule is O=C1CCC[C@H]2[C@@H](Cc3ccccc3)[C@@H](NS(=O)(=O)c3ccc4ccccc4c3)CC[C@]23CCCN13. The van der Waals surface area contributed by atoms with E-state index in [0.717, 1.165) is 62.3 Å². The zero-order chi connectivity index (χ0) is 24.8. The third-order valence-electron chi connectivity index (χ3n) is 9.00. The zero-order valence-corrected chi connectivity index (χ0v) is 21.4. The Morgan fingerprint density at radius 3 is 2.50 bits per heavy atom. The van der Waals surface area contributed by atoms with Crippen molar-refractivity contribution in [2.45, 2.75) is 67.8 Å². The molecule has 0 radical (unpaired) electrons. The Morgan fingerprint density at radius 1 is 0.889 bits per heavy atom. The summed E-state index contributed by atoms with van der Waals surface area (Å²) in [5.41, 5.74) is 1.12. The molecule has 6 heteroatoms. The van der Waals surface area contributed by atoms with Gasteiger partial charge in [0, 0.05) is 24.5 Å². The van der Waals surface area contributed by atoms with Crippen LogP contribution in [0.25, 0.3) is 10.8 Å². The highest BCUT2D eigenvalue weighted by molar-refractivity contribution is 7.89. The molecule has 0 bridgehead atoms. The molecule has 6 rings (SSSR count). The lowest BCUT2D eigenvalue weighted by molar-refractivity contribution is -0.138. The standard InChI is InChI=1S/C30H34N2O3S/c33-29-13-6-12-27-26(20-22-8-2-1-3-9-22)28(16-18-30(27)17-7-19-32(29)30)31-36(34,35)25-15-14-23-10-4-5-11-24(23)21-25/h1-5,8-11,14-15,21,26-28,31H,6-7,12-13,16-20H2/t26-,27+,28+,30-/m1/s1. The number of carbonyl (C=O) groups excluding carboxylic acids is 1. The van der Waals surface area contributed by atoms with Gasteiger partial charge in [0.2, 0.25) is 15.9 Å². The van der Waals surface area contributed by atoms with Crippen molar-refractivity contribution < 1.29 is 13.2 Å². The minimum Gasteiger partial charge on any atom is -0.337 e. The second-order valence-electron chi connectivity index (χ2n) is 10.9. The van der Waals surface area contributed by atoms with Crippen LogP contribution >= 0.6 is 0 Å². The number of fused-ring (bicyclic) bond motifs is 1. The topological polar surface area (TPSA) is 66.5 Å². The van der Waals surface area contributed by atoms with Gasteiger partial charge in [-0.2, -0.15) is 0 Å². The van der Waals surface area contributed by atoms with Crippen LogP contribution in [-0.4, -0.2) is 37.4 Å². The molecule has 1 aliphatic carbocycles. The molecule has 3 aliphatic rings. The summed E-state index contributed by atoms with van der Waals surface area (Å²) in [6, 6.07) is 23.5. The molecule has 2 saturated heterocycles. The smallest absolute Gasteiger partial charge is 0.240 e. The number of hydrogen-bond acceptors (Lipinski definition) is 3. The van der Waals surface area contributed by atoms with Gasteiger partial charge in [-0.05, 0) is 85.3 Å². The highest BCUT2D eigenvalue weighted by Gasteiger charge is 2.56. The molecule has 3 fully saturated rings. The third kappa shape index (κ3) is 4.14. The molecule has 4 atom stereocenters. The van der Waals surface area contributed by atoms with Crippen molar-refractivity contribution >= 4 is 26.7 Å². The quantitative estimate of drug-likeness (QED) is 0.515. The molecule has 3 aromatic rings. The average Bonchev–Trinajstić information content (AvgIpc) is 3.26. The van der Waals surface area contributed by atoms with Crippen molar-refractivity contribution in [3.05, 3.63) is 78.4 Å². The molecule has 3 aromatic carbocycles. The lowest BCUT2D eigenvalue weighted by Gasteiger charge is -2.53. The van der Waals surface area contributed by atoms with E-state index in [1.807, 2.05) is 36.4 Å². The highest BCUT2D eigenvalue weighted by Crippen LogP contribution is 2.52. The minimum atomic E-state index is -3.69. The number of amides is 1. The summed E-state index contributed by atoms with van der Waals surface area (Å²) >= 11 is 0. The van der Waals surface area contributed by atoms with Crippen LogP contribution in [-0.2, 0) is 21.2 Å². The number of rotatable bonds is 5. The number of nitrogens with one attached hydrogen (secondary N) is 1. The van der Waals surface area contributed by atoms with Crippen LogP contribution in [0.4, 0.5) is 0 Å². The Kier molecular flexibility index (Phi) is 6.12. The highest BCUT2D eigenvalue weighted by atomic mass is 32.2. The minimum absolute atomic E-state index is 0.113. The lowest BCUT2D eigenvalue weighted by Crippen LogP contribution is -2.60. The molecular weight excluding hydrogens is 468 g/mol. The number of hydrogen-bond donors (Lipinski definition) is 1. The largest absolute Gasteiger partial charge is 0.337 e. The van der Waals surface area contributed by atoms with E-state index in [0.29, 0.717) is 23.1 Å². The fraction of sp³-hybridized carbons (Fsp3) is 0.433. The first-order valence-corrected chi connectivity index (χ1v) is 14.8. The van der Waals surface area contributed by atoms with Gasteiger partial charge in [-0.1, -0.05) is 60.7 Å². The van der Waals surface area contributed by atoms with Crippen molar-refractivity contribution in [3.63, 3.8) is 0 Å². The summed E-state index contributed by atoms with van der Waals surface area (Å²) in [6.45, 7) is 0.848. The van der Waals surface area contributed by atoms with Crippen LogP contribution in [0.2, 0.25) is 0 Å². The van der Waals surface area contributed by atoms with Crippen molar-refractivity contribution in [1.82, 2.24) is 9.62 Å². The first kappa shape index (κ1) is 23.7. The van der Waals surface area contributed by atoms with Crippen molar-refractivity contribution in [2.24, 2.45) is 11.8 Å². The predicted octanol–water partition coefficient (Wildman–Crippen LogP) is 5.30. The Labute approximate surface area is 213 Å². The summed E-state index contributed by atoms with van der Waals surface area (Å²) in [4.78, 5) is 15.5. The van der Waals surface area contributed by atoms with E-state index in [9.17, 15) is 13.2 Å². The summed E-state index contributed by atoms with van der Waals surface area (Å²) in [6.07, 6.45) is 7.02. The van der Waals surface area contributed by atoms with Crippen LogP contribution in [0.15, 0.2) is 77.7 Å². The normalized spacial score (nSPS) is 28.5. The summed E-state index contributed by atoms with van der Waals surface area (Å²) in [7, 11) is -3.69. The van der Waals surface area contributed by atoms with Gasteiger partial charge in [-0.15, -0.1) is 0 Å². The second kappa shape index (κ2) is 9.31. The van der Waals surface area contributed by atoms with Crippen molar-refractivity contribution in [3.8, 4) is 0 Å². The molecule has 0 aromatic heterocycles. The van der Waals surface area contributed by atoms with E-state index in [1.165, 1.54) is 5.56 Å². The lowest BCUT2D eigenvalue weighted by atomic mass is 9.61. The van der Waals surface area contributed by atoms with Crippen molar-refractivity contribution in [2.75, 3.05) is 6.54 Å². The molecule has 1 N–H and O–H groups in total. The Bertz CT molecular complexity index is 1370. The summed E-state index contributed by atoms with van der Waals surface area (Å²) in [5.74, 6) is 0.733. The van der Waals surface area contributed by atoms with Gasteiger partial charge in [0.05, 0.1) is 4.90 Å². The maximum absolute atomic E-state index is 13.7. The number of carbonyl (C=O) groups is 1. The van der Waals surface area contributed by atoms with E-state index in [-0.39, 0.29) is 17.5 Å². The first-order valence-electron chi connectivity index (χ1n) is 13.3. The maximum Gasteiger partial charge on any atom is 0.240 e. The summed E-state index contributed by atoms with van der Waals surface area (Å²) in [5, 5.41) is 1.95. The number of nitrogens with zero attached hydrogens (tertiary/aromatic N) is 1. The van der Waals surface area contributed by atoms with Crippen LogP contribution in [0.1, 0.15) is 50.5 Å². The molecule has 1 saturated carbocycles. The predicted molar refractivity (Wildman–Crippen MR) is 142 cm³/mol. The van der Waals surface area contributed by atoms with Gasteiger partial charge < -0.3 is 4.90 Å². The first-order chi connectivity index (χ1) is 17.5. The van der Waals surface area contributed by atoms with E-state index in [1.54, 1.807) is 12.1 Å². The van der Waals surface area contributed by atoms with Crippen LogP contribution < -0.4 is 4.72 Å². The fourth-order valence-corrected chi connectivity index (χ4v) is 8.77. The molecule has 36 heavy (non-hydrogen) atoms. The monoisotopic (exact) mass is 502 g/mol. The fourth-order valence-electron chi connectivity index (χ4n) is 7.41. The van der Waals surface area contributed by atoms with Crippen LogP contribution in [0.3, 0.4) is 0 Å².